The molecule has 4 aromatic rings. The highest BCUT2D eigenvalue weighted by Crippen LogP contribution is 2.38. The van der Waals surface area contributed by atoms with Crippen molar-refractivity contribution in [3.05, 3.63) is 87.9 Å². The summed E-state index contributed by atoms with van der Waals surface area (Å²) in [5, 5.41) is 26.5. The highest BCUT2D eigenvalue weighted by Gasteiger charge is 2.42. The number of quaternary nitrogens is 1. The molecule has 2 aromatic carbocycles. The Bertz CT molecular complexity index is 1540. The standard InChI is InChI=1S/C30H31N5O2/c31-20-30(27-12-6-7-15-32-27)13-16-35(37,17-14-30)19-22-18-26-28(25-11-5-4-10-24(22)25)33-21-34(29(26)36)23-8-2-1-3-9-23/h4-7,10-12,15,18,21,23H,1-3,8-9,13-14,16-17,19H2. The fraction of sp³-hybridized carbons (Fsp3) is 0.400. The number of fused-ring (bicyclic) bond motifs is 3. The molecule has 2 fully saturated rings. The average Bonchev–Trinajstić information content (AvgIpc) is 2.95. The van der Waals surface area contributed by atoms with E-state index in [-0.39, 0.29) is 18.1 Å². The van der Waals surface area contributed by atoms with Crippen LogP contribution in [-0.4, -0.2) is 32.3 Å². The Balaban J connectivity index is 1.37. The van der Waals surface area contributed by atoms with Crippen molar-refractivity contribution in [1.29, 1.82) is 5.26 Å². The summed E-state index contributed by atoms with van der Waals surface area (Å²) in [5.41, 5.74) is 1.58. The number of piperidine rings is 1. The highest BCUT2D eigenvalue weighted by molar-refractivity contribution is 6.06. The van der Waals surface area contributed by atoms with Gasteiger partial charge in [-0.3, -0.25) is 14.3 Å². The molecule has 0 radical (unpaired) electrons. The van der Waals surface area contributed by atoms with Gasteiger partial charge >= 0.3 is 0 Å². The second kappa shape index (κ2) is 9.37. The molecule has 1 aliphatic heterocycles. The Labute approximate surface area is 216 Å². The smallest absolute Gasteiger partial charge is 0.261 e. The lowest BCUT2D eigenvalue weighted by Crippen LogP contribution is -2.52. The van der Waals surface area contributed by atoms with Gasteiger partial charge in [-0.15, -0.1) is 0 Å². The minimum absolute atomic E-state index is 0.0151. The zero-order valence-corrected chi connectivity index (χ0v) is 21.0. The number of aromatic nitrogens is 3. The second-order valence-corrected chi connectivity index (χ2v) is 10.8. The quantitative estimate of drug-likeness (QED) is 0.212. The molecule has 1 saturated carbocycles. The van der Waals surface area contributed by atoms with Gasteiger partial charge in [-0.2, -0.15) is 5.26 Å². The summed E-state index contributed by atoms with van der Waals surface area (Å²) in [6.45, 7) is 0.920. The number of hydroxylamine groups is 3. The van der Waals surface area contributed by atoms with Crippen LogP contribution in [0.2, 0.25) is 0 Å². The maximum Gasteiger partial charge on any atom is 0.261 e. The molecule has 6 rings (SSSR count). The zero-order valence-electron chi connectivity index (χ0n) is 21.0. The molecule has 3 heterocycles. The maximum atomic E-state index is 14.0. The third-order valence-electron chi connectivity index (χ3n) is 8.57. The van der Waals surface area contributed by atoms with Crippen LogP contribution >= 0.6 is 0 Å². The van der Waals surface area contributed by atoms with Crippen LogP contribution in [0.3, 0.4) is 0 Å². The van der Waals surface area contributed by atoms with Gasteiger partial charge < -0.3 is 9.85 Å². The molecule has 2 aliphatic rings. The van der Waals surface area contributed by atoms with Crippen LogP contribution in [0.5, 0.6) is 0 Å². The van der Waals surface area contributed by atoms with E-state index in [0.29, 0.717) is 36.8 Å². The van der Waals surface area contributed by atoms with E-state index >= 15 is 0 Å². The van der Waals surface area contributed by atoms with Crippen molar-refractivity contribution in [1.82, 2.24) is 14.5 Å². The molecule has 7 heteroatoms. The molecule has 0 unspecified atom stereocenters. The van der Waals surface area contributed by atoms with E-state index in [4.69, 9.17) is 4.98 Å². The van der Waals surface area contributed by atoms with Crippen molar-refractivity contribution in [3.63, 3.8) is 0 Å². The van der Waals surface area contributed by atoms with Crippen LogP contribution in [0, 0.1) is 16.5 Å². The van der Waals surface area contributed by atoms with Crippen LogP contribution in [-0.2, 0) is 12.0 Å². The third kappa shape index (κ3) is 4.20. The van der Waals surface area contributed by atoms with Crippen molar-refractivity contribution in [2.24, 2.45) is 0 Å². The normalized spacial score (nSPS) is 24.8. The number of likely N-dealkylation sites (tertiary alicyclic amines) is 1. The summed E-state index contributed by atoms with van der Waals surface area (Å²) in [7, 11) is 0. The molecule has 0 bridgehead atoms. The Morgan fingerprint density at radius 2 is 1.73 bits per heavy atom. The summed E-state index contributed by atoms with van der Waals surface area (Å²) in [6, 6.07) is 18.1. The van der Waals surface area contributed by atoms with Gasteiger partial charge in [-0.1, -0.05) is 49.6 Å². The number of nitriles is 1. The third-order valence-corrected chi connectivity index (χ3v) is 8.57. The first-order chi connectivity index (χ1) is 18.0. The SMILES string of the molecule is N#CC1(c2ccccn2)CC[N+]([O-])(Cc2cc3c(=O)n(C4CCCCC4)cnc3c3ccccc23)CC1. The summed E-state index contributed by atoms with van der Waals surface area (Å²) in [5.74, 6) is 0. The number of rotatable bonds is 4. The number of hydrogen-bond acceptors (Lipinski definition) is 5. The van der Waals surface area contributed by atoms with Gasteiger partial charge in [0.05, 0.1) is 42.1 Å². The largest absolute Gasteiger partial charge is 0.633 e. The van der Waals surface area contributed by atoms with E-state index in [2.05, 4.69) is 11.1 Å². The maximum absolute atomic E-state index is 14.0. The topological polar surface area (TPSA) is 94.6 Å². The first kappa shape index (κ1) is 23.8. The van der Waals surface area contributed by atoms with Crippen LogP contribution < -0.4 is 5.56 Å². The molecule has 1 saturated heterocycles. The first-order valence-corrected chi connectivity index (χ1v) is 13.3. The van der Waals surface area contributed by atoms with Gasteiger partial charge in [-0.25, -0.2) is 4.98 Å². The van der Waals surface area contributed by atoms with Crippen molar-refractivity contribution < 1.29 is 4.65 Å². The first-order valence-electron chi connectivity index (χ1n) is 13.3. The second-order valence-electron chi connectivity index (χ2n) is 10.8. The minimum Gasteiger partial charge on any atom is -0.633 e. The Kier molecular flexibility index (Phi) is 6.02. The number of benzene rings is 2. The molecular formula is C30H31N5O2. The lowest BCUT2D eigenvalue weighted by molar-refractivity contribution is -0.899. The highest BCUT2D eigenvalue weighted by atomic mass is 16.5. The molecule has 0 N–H and O–H groups in total. The Morgan fingerprint density at radius 3 is 2.43 bits per heavy atom. The number of nitrogens with zero attached hydrogens (tertiary/aromatic N) is 5. The van der Waals surface area contributed by atoms with Crippen molar-refractivity contribution in [2.75, 3.05) is 13.1 Å². The molecule has 188 valence electrons. The lowest BCUT2D eigenvalue weighted by atomic mass is 9.76. The van der Waals surface area contributed by atoms with E-state index in [0.717, 1.165) is 47.7 Å². The van der Waals surface area contributed by atoms with Gasteiger partial charge in [0, 0.05) is 36.0 Å². The van der Waals surface area contributed by atoms with Gasteiger partial charge in [-0.05, 0) is 36.4 Å². The molecule has 1 aliphatic carbocycles. The van der Waals surface area contributed by atoms with Gasteiger partial charge in [0.2, 0.25) is 0 Å². The minimum atomic E-state index is -0.726. The number of hydrogen-bond donors (Lipinski definition) is 0. The molecule has 0 amide bonds. The predicted octanol–water partition coefficient (Wildman–Crippen LogP) is 5.52. The summed E-state index contributed by atoms with van der Waals surface area (Å²) in [4.78, 5) is 22.9. The van der Waals surface area contributed by atoms with Gasteiger partial charge in [0.15, 0.2) is 0 Å². The molecule has 0 atom stereocenters. The summed E-state index contributed by atoms with van der Waals surface area (Å²) < 4.78 is 1.40. The Hall–Kier alpha value is -3.60. The summed E-state index contributed by atoms with van der Waals surface area (Å²) in [6.07, 6.45) is 9.86. The van der Waals surface area contributed by atoms with Crippen LogP contribution in [0.15, 0.2) is 65.8 Å². The fourth-order valence-electron chi connectivity index (χ4n) is 6.36. The van der Waals surface area contributed by atoms with Crippen LogP contribution in [0.4, 0.5) is 0 Å². The van der Waals surface area contributed by atoms with E-state index in [9.17, 15) is 15.3 Å². The fourth-order valence-corrected chi connectivity index (χ4v) is 6.36. The molecular weight excluding hydrogens is 462 g/mol. The van der Waals surface area contributed by atoms with E-state index in [1.54, 1.807) is 12.5 Å². The predicted molar refractivity (Wildman–Crippen MR) is 143 cm³/mol. The monoisotopic (exact) mass is 493 g/mol. The molecule has 7 nitrogen and oxygen atoms in total. The average molecular weight is 494 g/mol. The van der Waals surface area contributed by atoms with Crippen molar-refractivity contribution in [3.8, 4) is 6.07 Å². The van der Waals surface area contributed by atoms with E-state index in [1.807, 2.05) is 53.1 Å². The van der Waals surface area contributed by atoms with Gasteiger partial charge in [0.1, 0.15) is 12.0 Å². The number of pyridine rings is 1. The summed E-state index contributed by atoms with van der Waals surface area (Å²) >= 11 is 0. The van der Waals surface area contributed by atoms with E-state index < -0.39 is 10.1 Å². The van der Waals surface area contributed by atoms with Crippen LogP contribution in [0.25, 0.3) is 21.7 Å². The van der Waals surface area contributed by atoms with Crippen LogP contribution in [0.1, 0.15) is 62.2 Å². The van der Waals surface area contributed by atoms with Crippen molar-refractivity contribution in [2.45, 2.75) is 62.9 Å². The molecule has 0 spiro atoms. The van der Waals surface area contributed by atoms with Gasteiger partial charge in [0.25, 0.3) is 5.56 Å². The lowest BCUT2D eigenvalue weighted by Gasteiger charge is -2.49. The Morgan fingerprint density at radius 1 is 1.00 bits per heavy atom. The molecule has 2 aromatic heterocycles. The van der Waals surface area contributed by atoms with Crippen molar-refractivity contribution >= 4 is 21.7 Å². The van der Waals surface area contributed by atoms with E-state index in [1.165, 1.54) is 6.42 Å². The zero-order chi connectivity index (χ0) is 25.5. The molecule has 37 heavy (non-hydrogen) atoms.